The van der Waals surface area contributed by atoms with Crippen molar-refractivity contribution < 1.29 is 23.1 Å². The quantitative estimate of drug-likeness (QED) is 0.801. The lowest BCUT2D eigenvalue weighted by Crippen LogP contribution is -2.44. The first kappa shape index (κ1) is 17.5. The minimum Gasteiger partial charge on any atom is -0.495 e. The highest BCUT2D eigenvalue weighted by Gasteiger charge is 2.33. The zero-order valence-corrected chi connectivity index (χ0v) is 14.2. The number of ether oxygens (including phenoxy) is 1. The van der Waals surface area contributed by atoms with Crippen molar-refractivity contribution in [1.29, 1.82) is 0 Å². The molecule has 0 radical (unpaired) electrons. The SMILES string of the molecule is COc1cc(C)cc(C)c1S(=O)(=O)N[C@@H]1CC=CC[C@@H]1C(=O)O. The number of allylic oxidation sites excluding steroid dienone is 1. The van der Waals surface area contributed by atoms with Gasteiger partial charge >= 0.3 is 5.97 Å². The van der Waals surface area contributed by atoms with Crippen LogP contribution in [0.1, 0.15) is 24.0 Å². The Morgan fingerprint density at radius 2 is 1.91 bits per heavy atom. The second-order valence-electron chi connectivity index (χ2n) is 5.73. The molecule has 0 aromatic heterocycles. The number of hydrogen-bond donors (Lipinski definition) is 2. The van der Waals surface area contributed by atoms with Crippen molar-refractivity contribution in [3.05, 3.63) is 35.4 Å². The van der Waals surface area contributed by atoms with E-state index in [-0.39, 0.29) is 10.6 Å². The van der Waals surface area contributed by atoms with Crippen LogP contribution in [-0.4, -0.2) is 32.6 Å². The Labute approximate surface area is 136 Å². The van der Waals surface area contributed by atoms with Gasteiger partial charge in [-0.1, -0.05) is 18.2 Å². The van der Waals surface area contributed by atoms with Crippen LogP contribution in [0.15, 0.2) is 29.2 Å². The predicted octanol–water partition coefficient (Wildman–Crippen LogP) is 2.01. The number of carbonyl (C=O) groups is 1. The van der Waals surface area contributed by atoms with Crippen molar-refractivity contribution in [2.45, 2.75) is 37.6 Å². The van der Waals surface area contributed by atoms with Crippen LogP contribution in [0.4, 0.5) is 0 Å². The van der Waals surface area contributed by atoms with Crippen molar-refractivity contribution in [2.24, 2.45) is 5.92 Å². The number of aryl methyl sites for hydroxylation is 2. The van der Waals surface area contributed by atoms with Crippen molar-refractivity contribution >= 4 is 16.0 Å². The molecule has 23 heavy (non-hydrogen) atoms. The van der Waals surface area contributed by atoms with E-state index in [1.807, 2.05) is 6.92 Å². The van der Waals surface area contributed by atoms with Gasteiger partial charge in [0.05, 0.1) is 13.0 Å². The van der Waals surface area contributed by atoms with Crippen LogP contribution in [-0.2, 0) is 14.8 Å². The molecule has 0 unspecified atom stereocenters. The van der Waals surface area contributed by atoms with Crippen molar-refractivity contribution in [1.82, 2.24) is 4.72 Å². The third kappa shape index (κ3) is 3.73. The van der Waals surface area contributed by atoms with E-state index >= 15 is 0 Å². The maximum atomic E-state index is 12.8. The number of carboxylic acids is 1. The second-order valence-corrected chi connectivity index (χ2v) is 7.38. The van der Waals surface area contributed by atoms with E-state index in [2.05, 4.69) is 4.72 Å². The number of benzene rings is 1. The third-order valence-corrected chi connectivity index (χ3v) is 5.60. The van der Waals surface area contributed by atoms with Gasteiger partial charge in [-0.25, -0.2) is 13.1 Å². The predicted molar refractivity (Wildman–Crippen MR) is 86.1 cm³/mol. The minimum absolute atomic E-state index is 0.0595. The molecule has 2 atom stereocenters. The summed E-state index contributed by atoms with van der Waals surface area (Å²) in [5.74, 6) is -1.52. The Morgan fingerprint density at radius 1 is 1.26 bits per heavy atom. The molecule has 0 saturated carbocycles. The van der Waals surface area contributed by atoms with Gasteiger partial charge in [0.15, 0.2) is 0 Å². The van der Waals surface area contributed by atoms with Crippen LogP contribution in [0.2, 0.25) is 0 Å². The molecular weight excluding hydrogens is 318 g/mol. The fourth-order valence-corrected chi connectivity index (χ4v) is 4.55. The maximum Gasteiger partial charge on any atom is 0.308 e. The first-order chi connectivity index (χ1) is 10.8. The lowest BCUT2D eigenvalue weighted by atomic mass is 9.90. The largest absolute Gasteiger partial charge is 0.495 e. The fraction of sp³-hybridized carbons (Fsp3) is 0.438. The molecule has 2 N–H and O–H groups in total. The Bertz CT molecular complexity index is 739. The molecule has 1 aliphatic carbocycles. The monoisotopic (exact) mass is 339 g/mol. The highest BCUT2D eigenvalue weighted by molar-refractivity contribution is 7.89. The Balaban J connectivity index is 2.40. The van der Waals surface area contributed by atoms with Gasteiger partial charge in [-0.3, -0.25) is 4.79 Å². The van der Waals surface area contributed by atoms with Gasteiger partial charge in [0.2, 0.25) is 10.0 Å². The van der Waals surface area contributed by atoms with E-state index in [0.29, 0.717) is 18.4 Å². The first-order valence-corrected chi connectivity index (χ1v) is 8.80. The number of carboxylic acid groups (broad SMARTS) is 1. The summed E-state index contributed by atoms with van der Waals surface area (Å²) in [6, 6.07) is 2.73. The lowest BCUT2D eigenvalue weighted by molar-refractivity contribution is -0.142. The Kier molecular flexibility index (Phi) is 5.11. The van der Waals surface area contributed by atoms with E-state index in [4.69, 9.17) is 4.74 Å². The van der Waals surface area contributed by atoms with Crippen LogP contribution in [0, 0.1) is 19.8 Å². The van der Waals surface area contributed by atoms with Gasteiger partial charge in [0, 0.05) is 6.04 Å². The second kappa shape index (κ2) is 6.72. The fourth-order valence-electron chi connectivity index (χ4n) is 2.89. The van der Waals surface area contributed by atoms with Crippen LogP contribution in [0.5, 0.6) is 5.75 Å². The van der Waals surface area contributed by atoms with E-state index in [9.17, 15) is 18.3 Å². The molecule has 0 aliphatic heterocycles. The molecule has 0 fully saturated rings. The molecule has 2 rings (SSSR count). The summed E-state index contributed by atoms with van der Waals surface area (Å²) in [7, 11) is -2.48. The molecule has 0 saturated heterocycles. The van der Waals surface area contributed by atoms with Gasteiger partial charge in [0.1, 0.15) is 10.6 Å². The molecule has 0 bridgehead atoms. The van der Waals surface area contributed by atoms with Gasteiger partial charge in [-0.2, -0.15) is 0 Å². The average Bonchev–Trinajstić information content (AvgIpc) is 2.45. The molecule has 1 aliphatic rings. The number of sulfonamides is 1. The number of nitrogens with one attached hydrogen (secondary N) is 1. The zero-order chi connectivity index (χ0) is 17.2. The number of aliphatic carboxylic acids is 1. The Morgan fingerprint density at radius 3 is 2.52 bits per heavy atom. The molecule has 126 valence electrons. The maximum absolute atomic E-state index is 12.8. The first-order valence-electron chi connectivity index (χ1n) is 7.31. The van der Waals surface area contributed by atoms with Gasteiger partial charge < -0.3 is 9.84 Å². The summed E-state index contributed by atoms with van der Waals surface area (Å²) >= 11 is 0. The smallest absolute Gasteiger partial charge is 0.308 e. The zero-order valence-electron chi connectivity index (χ0n) is 13.4. The summed E-state index contributed by atoms with van der Waals surface area (Å²) < 4.78 is 33.3. The van der Waals surface area contributed by atoms with Crippen LogP contribution < -0.4 is 9.46 Å². The molecular formula is C16H21NO5S. The van der Waals surface area contributed by atoms with E-state index in [1.54, 1.807) is 31.2 Å². The van der Waals surface area contributed by atoms with Crippen molar-refractivity contribution in [3.63, 3.8) is 0 Å². The average molecular weight is 339 g/mol. The highest BCUT2D eigenvalue weighted by atomic mass is 32.2. The molecule has 0 heterocycles. The summed E-state index contributed by atoms with van der Waals surface area (Å²) in [6.07, 6.45) is 4.23. The molecule has 1 aromatic carbocycles. The van der Waals surface area contributed by atoms with E-state index < -0.39 is 28.0 Å². The number of rotatable bonds is 5. The van der Waals surface area contributed by atoms with E-state index in [0.717, 1.165) is 5.56 Å². The normalized spacial score (nSPS) is 21.2. The van der Waals surface area contributed by atoms with Crippen molar-refractivity contribution in [2.75, 3.05) is 7.11 Å². The van der Waals surface area contributed by atoms with Gasteiger partial charge in [-0.05, 0) is 43.9 Å². The van der Waals surface area contributed by atoms with Crippen LogP contribution in [0.25, 0.3) is 0 Å². The van der Waals surface area contributed by atoms with Gasteiger partial charge in [0.25, 0.3) is 0 Å². The van der Waals surface area contributed by atoms with Crippen LogP contribution >= 0.6 is 0 Å². The molecule has 1 aromatic rings. The standard InChI is InChI=1S/C16H21NO5S/c1-10-8-11(2)15(14(9-10)22-3)23(20,21)17-13-7-5-4-6-12(13)16(18)19/h4-5,8-9,12-13,17H,6-7H2,1-3H3,(H,18,19)/t12-,13+/m0/s1. The number of hydrogen-bond acceptors (Lipinski definition) is 4. The summed E-state index contributed by atoms with van der Waals surface area (Å²) in [5.41, 5.74) is 1.45. The van der Waals surface area contributed by atoms with E-state index in [1.165, 1.54) is 7.11 Å². The topological polar surface area (TPSA) is 92.7 Å². The Hall–Kier alpha value is -1.86. The number of methoxy groups -OCH3 is 1. The molecule has 6 nitrogen and oxygen atoms in total. The molecule has 0 spiro atoms. The van der Waals surface area contributed by atoms with Crippen LogP contribution in [0.3, 0.4) is 0 Å². The molecule has 7 heteroatoms. The summed E-state index contributed by atoms with van der Waals surface area (Å²) in [6.45, 7) is 3.55. The minimum atomic E-state index is -3.89. The van der Waals surface area contributed by atoms with Crippen molar-refractivity contribution in [3.8, 4) is 5.75 Å². The summed E-state index contributed by atoms with van der Waals surface area (Å²) in [5, 5.41) is 9.27. The lowest BCUT2D eigenvalue weighted by Gasteiger charge is -2.26. The summed E-state index contributed by atoms with van der Waals surface area (Å²) in [4.78, 5) is 11.4. The van der Waals surface area contributed by atoms with Gasteiger partial charge in [-0.15, -0.1) is 0 Å². The molecule has 0 amide bonds. The highest BCUT2D eigenvalue weighted by Crippen LogP contribution is 2.30. The third-order valence-electron chi connectivity index (χ3n) is 3.93.